The highest BCUT2D eigenvalue weighted by molar-refractivity contribution is 7.88. The van der Waals surface area contributed by atoms with Gasteiger partial charge in [0.15, 0.2) is 0 Å². The third-order valence-corrected chi connectivity index (χ3v) is 6.49. The molecule has 1 atom stereocenters. The number of likely N-dealkylation sites (N-methyl/N-ethyl adjacent to an activating group) is 1. The van der Waals surface area contributed by atoms with Gasteiger partial charge in [-0.05, 0) is 48.7 Å². The molecule has 0 spiro atoms. The maximum atomic E-state index is 13.3. The molecule has 10 heteroatoms. The number of benzene rings is 2. The normalized spacial score (nSPS) is 12.3. The summed E-state index contributed by atoms with van der Waals surface area (Å²) in [4.78, 5) is 27.0. The van der Waals surface area contributed by atoms with Crippen molar-refractivity contribution in [2.75, 3.05) is 33.5 Å². The Bertz CT molecular complexity index is 1040. The summed E-state index contributed by atoms with van der Waals surface area (Å²) >= 11 is 0. The zero-order valence-corrected chi connectivity index (χ0v) is 20.1. The number of hydrogen-bond acceptors (Lipinski definition) is 5. The molecule has 2 aromatic carbocycles. The lowest BCUT2D eigenvalue weighted by Gasteiger charge is -2.30. The summed E-state index contributed by atoms with van der Waals surface area (Å²) in [5.74, 6) is -0.589. The van der Waals surface area contributed by atoms with Crippen LogP contribution in [0.2, 0.25) is 0 Å². The quantitative estimate of drug-likeness (QED) is 0.530. The van der Waals surface area contributed by atoms with Crippen LogP contribution in [0.25, 0.3) is 0 Å². The highest BCUT2D eigenvalue weighted by Crippen LogP contribution is 2.13. The molecular formula is C23H30FN3O5S. The van der Waals surface area contributed by atoms with Crippen molar-refractivity contribution in [1.82, 2.24) is 14.5 Å². The van der Waals surface area contributed by atoms with E-state index in [0.717, 1.165) is 21.9 Å². The zero-order chi connectivity index (χ0) is 24.6. The molecule has 2 aromatic rings. The highest BCUT2D eigenvalue weighted by Gasteiger charge is 2.28. The molecule has 0 bridgehead atoms. The molecule has 1 N–H and O–H groups in total. The minimum Gasteiger partial charge on any atom is -0.497 e. The van der Waals surface area contributed by atoms with Crippen LogP contribution in [0.1, 0.15) is 18.1 Å². The molecule has 0 aliphatic rings. The number of ether oxygens (including phenoxy) is 1. The number of carbonyl (C=O) groups excluding carboxylic acids is 2. The number of hydrogen-bond donors (Lipinski definition) is 1. The van der Waals surface area contributed by atoms with Gasteiger partial charge < -0.3 is 15.0 Å². The Morgan fingerprint density at radius 3 is 2.18 bits per heavy atom. The van der Waals surface area contributed by atoms with Crippen molar-refractivity contribution < 1.29 is 27.1 Å². The lowest BCUT2D eigenvalue weighted by molar-refractivity contribution is -0.140. The van der Waals surface area contributed by atoms with Crippen molar-refractivity contribution >= 4 is 21.8 Å². The maximum Gasteiger partial charge on any atom is 0.242 e. The van der Waals surface area contributed by atoms with Crippen molar-refractivity contribution in [3.8, 4) is 5.75 Å². The van der Waals surface area contributed by atoms with E-state index in [1.165, 1.54) is 36.2 Å². The number of halogens is 1. The Hall–Kier alpha value is -2.98. The Morgan fingerprint density at radius 2 is 1.64 bits per heavy atom. The maximum absolute atomic E-state index is 13.3. The van der Waals surface area contributed by atoms with E-state index in [1.54, 1.807) is 14.0 Å². The van der Waals surface area contributed by atoms with Crippen LogP contribution in [-0.4, -0.2) is 69.0 Å². The van der Waals surface area contributed by atoms with Gasteiger partial charge in [0.05, 0.1) is 19.9 Å². The average molecular weight is 480 g/mol. The average Bonchev–Trinajstić information content (AvgIpc) is 2.77. The second-order valence-electron chi connectivity index (χ2n) is 7.73. The van der Waals surface area contributed by atoms with Gasteiger partial charge in [-0.1, -0.05) is 24.3 Å². The van der Waals surface area contributed by atoms with Crippen molar-refractivity contribution in [1.29, 1.82) is 0 Å². The fourth-order valence-corrected chi connectivity index (χ4v) is 3.38. The Morgan fingerprint density at radius 1 is 1.06 bits per heavy atom. The lowest BCUT2D eigenvalue weighted by Crippen LogP contribution is -2.50. The number of rotatable bonds is 11. The standard InChI is InChI=1S/C23H30FN3O5S/c1-17(23(29)25-14-13-18-7-11-21(32-3)12-8-18)27(15-19-5-9-20(24)10-6-19)22(28)16-26(2)33(4,30)31/h5-12,17H,13-16H2,1-4H3,(H,25,29)/t17-/m0/s1. The summed E-state index contributed by atoms with van der Waals surface area (Å²) in [6.07, 6.45) is 1.59. The van der Waals surface area contributed by atoms with E-state index < -0.39 is 34.3 Å². The Labute approximate surface area is 194 Å². The van der Waals surface area contributed by atoms with Gasteiger partial charge in [0.25, 0.3) is 0 Å². The molecule has 0 saturated heterocycles. The van der Waals surface area contributed by atoms with E-state index in [0.29, 0.717) is 18.5 Å². The largest absolute Gasteiger partial charge is 0.497 e. The van der Waals surface area contributed by atoms with Crippen LogP contribution in [0.5, 0.6) is 5.75 Å². The fraction of sp³-hybridized carbons (Fsp3) is 0.391. The van der Waals surface area contributed by atoms with Crippen LogP contribution in [0, 0.1) is 5.82 Å². The van der Waals surface area contributed by atoms with Crippen molar-refractivity contribution in [2.45, 2.75) is 25.9 Å². The molecule has 2 amide bonds. The minimum atomic E-state index is -3.58. The van der Waals surface area contributed by atoms with Gasteiger partial charge in [-0.3, -0.25) is 9.59 Å². The molecule has 0 saturated carbocycles. The van der Waals surface area contributed by atoms with Crippen molar-refractivity contribution in [2.24, 2.45) is 0 Å². The second kappa shape index (κ2) is 11.8. The predicted octanol–water partition coefficient (Wildman–Crippen LogP) is 1.80. The van der Waals surface area contributed by atoms with Gasteiger partial charge in [0.2, 0.25) is 21.8 Å². The van der Waals surface area contributed by atoms with E-state index in [9.17, 15) is 22.4 Å². The summed E-state index contributed by atoms with van der Waals surface area (Å²) in [6.45, 7) is 1.55. The van der Waals surface area contributed by atoms with Gasteiger partial charge in [-0.15, -0.1) is 0 Å². The third kappa shape index (κ3) is 8.14. The van der Waals surface area contributed by atoms with Gasteiger partial charge in [-0.25, -0.2) is 12.8 Å². The molecule has 0 aliphatic heterocycles. The smallest absolute Gasteiger partial charge is 0.242 e. The molecular weight excluding hydrogens is 449 g/mol. The summed E-state index contributed by atoms with van der Waals surface area (Å²) < 4.78 is 42.8. The Balaban J connectivity index is 2.07. The van der Waals surface area contributed by atoms with Crippen LogP contribution in [0.3, 0.4) is 0 Å². The molecule has 0 unspecified atom stereocenters. The number of amides is 2. The molecule has 0 heterocycles. The van der Waals surface area contributed by atoms with Crippen molar-refractivity contribution in [3.05, 3.63) is 65.5 Å². The molecule has 33 heavy (non-hydrogen) atoms. The van der Waals surface area contributed by atoms with Crippen LogP contribution >= 0.6 is 0 Å². The van der Waals surface area contributed by atoms with E-state index >= 15 is 0 Å². The first-order valence-electron chi connectivity index (χ1n) is 10.4. The number of methoxy groups -OCH3 is 1. The number of sulfonamides is 1. The minimum absolute atomic E-state index is 0.0315. The second-order valence-corrected chi connectivity index (χ2v) is 9.82. The summed E-state index contributed by atoms with van der Waals surface area (Å²) in [5, 5.41) is 2.82. The molecule has 0 aromatic heterocycles. The Kier molecular flexibility index (Phi) is 9.36. The third-order valence-electron chi connectivity index (χ3n) is 5.23. The van der Waals surface area contributed by atoms with E-state index in [2.05, 4.69) is 5.32 Å². The van der Waals surface area contributed by atoms with Crippen molar-refractivity contribution in [3.63, 3.8) is 0 Å². The molecule has 8 nitrogen and oxygen atoms in total. The number of nitrogens with zero attached hydrogens (tertiary/aromatic N) is 2. The van der Waals surface area contributed by atoms with E-state index in [-0.39, 0.29) is 12.5 Å². The summed E-state index contributed by atoms with van der Waals surface area (Å²) in [6, 6.07) is 12.2. The first-order valence-corrected chi connectivity index (χ1v) is 12.2. The van der Waals surface area contributed by atoms with Gasteiger partial charge in [-0.2, -0.15) is 4.31 Å². The molecule has 0 radical (unpaired) electrons. The first kappa shape index (κ1) is 26.3. The SMILES string of the molecule is COc1ccc(CCNC(=O)[C@H](C)N(Cc2ccc(F)cc2)C(=O)CN(C)S(C)(=O)=O)cc1. The lowest BCUT2D eigenvalue weighted by atomic mass is 10.1. The molecule has 2 rings (SSSR count). The monoisotopic (exact) mass is 479 g/mol. The number of nitrogens with one attached hydrogen (secondary N) is 1. The van der Waals surface area contributed by atoms with E-state index in [1.807, 2.05) is 24.3 Å². The van der Waals surface area contributed by atoms with Crippen LogP contribution in [0.15, 0.2) is 48.5 Å². The van der Waals surface area contributed by atoms with Crippen LogP contribution in [-0.2, 0) is 32.6 Å². The molecule has 0 fully saturated rings. The fourth-order valence-electron chi connectivity index (χ4n) is 3.04. The summed E-state index contributed by atoms with van der Waals surface area (Å²) in [5.41, 5.74) is 1.63. The number of carbonyl (C=O) groups is 2. The van der Waals surface area contributed by atoms with Crippen LogP contribution < -0.4 is 10.1 Å². The topological polar surface area (TPSA) is 96.0 Å². The molecule has 180 valence electrons. The zero-order valence-electron chi connectivity index (χ0n) is 19.2. The molecule has 0 aliphatic carbocycles. The first-order chi connectivity index (χ1) is 15.5. The van der Waals surface area contributed by atoms with E-state index in [4.69, 9.17) is 4.74 Å². The van der Waals surface area contributed by atoms with Gasteiger partial charge in [0.1, 0.15) is 17.6 Å². The van der Waals surface area contributed by atoms with Crippen LogP contribution in [0.4, 0.5) is 4.39 Å². The van der Waals surface area contributed by atoms with Gasteiger partial charge >= 0.3 is 0 Å². The highest BCUT2D eigenvalue weighted by atomic mass is 32.2. The van der Waals surface area contributed by atoms with Gasteiger partial charge in [0, 0.05) is 20.1 Å². The summed E-state index contributed by atoms with van der Waals surface area (Å²) in [7, 11) is -0.698. The predicted molar refractivity (Wildman–Crippen MR) is 124 cm³/mol.